The minimum atomic E-state index is -1.09. The second-order valence-electron chi connectivity index (χ2n) is 3.03. The van der Waals surface area contributed by atoms with Crippen molar-refractivity contribution in [3.05, 3.63) is 35.4 Å². The molecule has 0 aliphatic carbocycles. The van der Waals surface area contributed by atoms with Crippen LogP contribution in [-0.2, 0) is 4.79 Å². The van der Waals surface area contributed by atoms with Gasteiger partial charge in [0, 0.05) is 24.3 Å². The summed E-state index contributed by atoms with van der Waals surface area (Å²) in [6, 6.07) is 1.62. The number of thioether (sulfide) groups is 1. The van der Waals surface area contributed by atoms with Crippen LogP contribution in [0.1, 0.15) is 12.5 Å². The first-order valence-corrected chi connectivity index (χ1v) is 5.47. The van der Waals surface area contributed by atoms with Gasteiger partial charge in [-0.15, -0.1) is 0 Å². The van der Waals surface area contributed by atoms with Gasteiger partial charge in [-0.1, -0.05) is 23.9 Å². The molecule has 16 heavy (non-hydrogen) atoms. The fraction of sp³-hybridized carbons (Fsp3) is 0.182. The zero-order valence-corrected chi connectivity index (χ0v) is 9.35. The summed E-state index contributed by atoms with van der Waals surface area (Å²) in [5.74, 6) is -2.01. The summed E-state index contributed by atoms with van der Waals surface area (Å²) < 4.78 is 25.5. The van der Waals surface area contributed by atoms with Crippen LogP contribution in [0.5, 0.6) is 5.75 Å². The number of halogens is 2. The highest BCUT2D eigenvalue weighted by Crippen LogP contribution is 2.22. The number of carbonyl (C=O) groups is 1. The molecule has 0 aromatic heterocycles. The molecule has 0 unspecified atom stereocenters. The van der Waals surface area contributed by atoms with Gasteiger partial charge in [0.25, 0.3) is 0 Å². The lowest BCUT2D eigenvalue weighted by Crippen LogP contribution is -1.86. The third-order valence-corrected chi connectivity index (χ3v) is 2.52. The Morgan fingerprint density at radius 3 is 2.69 bits per heavy atom. The number of hydrogen-bond acceptors (Lipinski definition) is 3. The van der Waals surface area contributed by atoms with Crippen molar-refractivity contribution in [2.45, 2.75) is 6.92 Å². The summed E-state index contributed by atoms with van der Waals surface area (Å²) in [6.07, 6.45) is 3.03. The maximum absolute atomic E-state index is 12.8. The van der Waals surface area contributed by atoms with Crippen LogP contribution < -0.4 is 0 Å². The van der Waals surface area contributed by atoms with Crippen LogP contribution in [0.2, 0.25) is 0 Å². The average Bonchev–Trinajstić information content (AvgIpc) is 2.19. The first-order valence-electron chi connectivity index (χ1n) is 4.48. The summed E-state index contributed by atoms with van der Waals surface area (Å²) in [5.41, 5.74) is 0.183. The molecule has 0 aliphatic rings. The summed E-state index contributed by atoms with van der Waals surface area (Å²) in [4.78, 5) is 10.6. The second kappa shape index (κ2) is 5.65. The van der Waals surface area contributed by atoms with E-state index in [1.54, 1.807) is 6.08 Å². The topological polar surface area (TPSA) is 37.3 Å². The van der Waals surface area contributed by atoms with E-state index in [-0.39, 0.29) is 16.4 Å². The van der Waals surface area contributed by atoms with Crippen molar-refractivity contribution in [2.24, 2.45) is 0 Å². The minimum Gasteiger partial charge on any atom is -0.507 e. The van der Waals surface area contributed by atoms with Crippen LogP contribution in [0.3, 0.4) is 0 Å². The van der Waals surface area contributed by atoms with Crippen molar-refractivity contribution in [2.75, 3.05) is 5.75 Å². The van der Waals surface area contributed by atoms with E-state index in [1.807, 2.05) is 0 Å². The molecular formula is C11H10F2O2S. The SMILES string of the molecule is CC(=O)SCC=Cc1cc(F)c(F)cc1O. The molecule has 2 nitrogen and oxygen atoms in total. The van der Waals surface area contributed by atoms with Crippen molar-refractivity contribution in [1.82, 2.24) is 0 Å². The molecule has 1 N–H and O–H groups in total. The Kier molecular flexibility index (Phi) is 4.49. The van der Waals surface area contributed by atoms with Crippen molar-refractivity contribution in [3.63, 3.8) is 0 Å². The van der Waals surface area contributed by atoms with E-state index >= 15 is 0 Å². The van der Waals surface area contributed by atoms with Gasteiger partial charge in [-0.2, -0.15) is 0 Å². The lowest BCUT2D eigenvalue weighted by Gasteiger charge is -2.00. The normalized spacial score (nSPS) is 10.9. The van der Waals surface area contributed by atoms with E-state index < -0.39 is 11.6 Å². The van der Waals surface area contributed by atoms with Crippen molar-refractivity contribution < 1.29 is 18.7 Å². The molecule has 5 heteroatoms. The Labute approximate surface area is 96.0 Å². The molecule has 1 rings (SSSR count). The zero-order chi connectivity index (χ0) is 12.1. The summed E-state index contributed by atoms with van der Waals surface area (Å²) >= 11 is 1.09. The Balaban J connectivity index is 2.73. The van der Waals surface area contributed by atoms with E-state index in [9.17, 15) is 18.7 Å². The number of benzene rings is 1. The van der Waals surface area contributed by atoms with Crippen LogP contribution in [0.4, 0.5) is 8.78 Å². The van der Waals surface area contributed by atoms with Crippen molar-refractivity contribution in [3.8, 4) is 5.75 Å². The first-order chi connectivity index (χ1) is 7.50. The molecule has 0 bridgehead atoms. The highest BCUT2D eigenvalue weighted by Gasteiger charge is 2.06. The standard InChI is InChI=1S/C11H10F2O2S/c1-7(14)16-4-2-3-8-5-9(12)10(13)6-11(8)15/h2-3,5-6,15H,4H2,1H3. The third kappa shape index (κ3) is 3.66. The number of hydrogen-bond donors (Lipinski definition) is 1. The van der Waals surface area contributed by atoms with Crippen molar-refractivity contribution >= 4 is 23.0 Å². The van der Waals surface area contributed by atoms with Gasteiger partial charge in [0.2, 0.25) is 0 Å². The van der Waals surface area contributed by atoms with Gasteiger partial charge >= 0.3 is 0 Å². The Morgan fingerprint density at radius 2 is 2.06 bits per heavy atom. The van der Waals surface area contributed by atoms with Crippen LogP contribution >= 0.6 is 11.8 Å². The molecule has 1 aromatic carbocycles. The molecule has 1 aromatic rings. The van der Waals surface area contributed by atoms with Crippen molar-refractivity contribution in [1.29, 1.82) is 0 Å². The molecule has 0 saturated heterocycles. The minimum absolute atomic E-state index is 0.0286. The molecule has 0 aliphatic heterocycles. The van der Waals surface area contributed by atoms with Crippen LogP contribution in [-0.4, -0.2) is 16.0 Å². The number of phenols is 1. The largest absolute Gasteiger partial charge is 0.507 e. The number of rotatable bonds is 3. The van der Waals surface area contributed by atoms with Crippen LogP contribution in [0.15, 0.2) is 18.2 Å². The first kappa shape index (κ1) is 12.7. The van der Waals surface area contributed by atoms with Gasteiger partial charge in [-0.05, 0) is 6.07 Å². The zero-order valence-electron chi connectivity index (χ0n) is 8.54. The molecule has 0 radical (unpaired) electrons. The fourth-order valence-corrected chi connectivity index (χ4v) is 1.45. The van der Waals surface area contributed by atoms with Gasteiger partial charge in [-0.25, -0.2) is 8.78 Å². The lowest BCUT2D eigenvalue weighted by molar-refractivity contribution is -0.109. The molecule has 0 heterocycles. The second-order valence-corrected chi connectivity index (χ2v) is 4.23. The molecule has 0 atom stereocenters. The van der Waals surface area contributed by atoms with Gasteiger partial charge in [0.15, 0.2) is 16.7 Å². The summed E-state index contributed by atoms with van der Waals surface area (Å²) in [7, 11) is 0. The van der Waals surface area contributed by atoms with Gasteiger partial charge in [-0.3, -0.25) is 4.79 Å². The van der Waals surface area contributed by atoms with Crippen LogP contribution in [0, 0.1) is 11.6 Å². The van der Waals surface area contributed by atoms with E-state index in [1.165, 1.54) is 13.0 Å². The monoisotopic (exact) mass is 244 g/mol. The van der Waals surface area contributed by atoms with E-state index in [0.29, 0.717) is 11.8 Å². The van der Waals surface area contributed by atoms with Crippen LogP contribution in [0.25, 0.3) is 6.08 Å². The maximum atomic E-state index is 12.8. The number of aromatic hydroxyl groups is 1. The number of carbonyl (C=O) groups excluding carboxylic acids is 1. The molecule has 0 fully saturated rings. The molecular weight excluding hydrogens is 234 g/mol. The quantitative estimate of drug-likeness (QED) is 0.888. The summed E-state index contributed by atoms with van der Waals surface area (Å²) in [5, 5.41) is 9.26. The van der Waals surface area contributed by atoms with E-state index in [2.05, 4.69) is 0 Å². The number of phenolic OH excluding ortho intramolecular Hbond substituents is 1. The van der Waals surface area contributed by atoms with E-state index in [0.717, 1.165) is 17.8 Å². The van der Waals surface area contributed by atoms with Gasteiger partial charge in [0.05, 0.1) is 0 Å². The molecule has 0 saturated carbocycles. The highest BCUT2D eigenvalue weighted by molar-refractivity contribution is 8.13. The molecule has 86 valence electrons. The predicted octanol–water partition coefficient (Wildman–Crippen LogP) is 2.96. The smallest absolute Gasteiger partial charge is 0.186 e. The Morgan fingerprint density at radius 1 is 1.44 bits per heavy atom. The molecule has 0 spiro atoms. The lowest BCUT2D eigenvalue weighted by atomic mass is 10.2. The van der Waals surface area contributed by atoms with Gasteiger partial charge in [0.1, 0.15) is 5.75 Å². The third-order valence-electron chi connectivity index (χ3n) is 1.75. The Hall–Kier alpha value is -1.36. The average molecular weight is 244 g/mol. The van der Waals surface area contributed by atoms with Gasteiger partial charge < -0.3 is 5.11 Å². The summed E-state index contributed by atoms with van der Waals surface area (Å²) in [6.45, 7) is 1.44. The predicted molar refractivity (Wildman–Crippen MR) is 60.2 cm³/mol. The maximum Gasteiger partial charge on any atom is 0.186 e. The molecule has 0 amide bonds. The highest BCUT2D eigenvalue weighted by atomic mass is 32.2. The van der Waals surface area contributed by atoms with E-state index in [4.69, 9.17) is 0 Å². The Bertz CT molecular complexity index is 430. The fourth-order valence-electron chi connectivity index (χ4n) is 1.03.